The fraction of sp³-hybridized carbons (Fsp3) is 0.200. The SMILES string of the molecule is CNc1cccc(OCCOc2ccccc2)c1[N+](=O)[O-]. The van der Waals surface area contributed by atoms with E-state index in [0.717, 1.165) is 5.75 Å². The number of para-hydroxylation sites is 2. The molecule has 0 unspecified atom stereocenters. The molecule has 1 N–H and O–H groups in total. The number of nitrogens with zero attached hydrogens (tertiary/aromatic N) is 1. The summed E-state index contributed by atoms with van der Waals surface area (Å²) in [6.45, 7) is 0.536. The van der Waals surface area contributed by atoms with Crippen LogP contribution < -0.4 is 14.8 Å². The van der Waals surface area contributed by atoms with Crippen LogP contribution in [0.4, 0.5) is 11.4 Å². The highest BCUT2D eigenvalue weighted by atomic mass is 16.6. The molecule has 0 aliphatic carbocycles. The van der Waals surface area contributed by atoms with Crippen LogP contribution >= 0.6 is 0 Å². The summed E-state index contributed by atoms with van der Waals surface area (Å²) in [4.78, 5) is 10.7. The fourth-order valence-corrected chi connectivity index (χ4v) is 1.86. The Morgan fingerprint density at radius 3 is 2.43 bits per heavy atom. The Balaban J connectivity index is 1.95. The summed E-state index contributed by atoms with van der Waals surface area (Å²) in [7, 11) is 1.63. The first-order valence-electron chi connectivity index (χ1n) is 6.48. The van der Waals surface area contributed by atoms with E-state index in [1.54, 1.807) is 25.2 Å². The third-order valence-electron chi connectivity index (χ3n) is 2.80. The van der Waals surface area contributed by atoms with Gasteiger partial charge in [-0.3, -0.25) is 10.1 Å². The van der Waals surface area contributed by atoms with Gasteiger partial charge in [-0.1, -0.05) is 24.3 Å². The number of benzene rings is 2. The molecule has 0 heterocycles. The molecule has 21 heavy (non-hydrogen) atoms. The van der Waals surface area contributed by atoms with Crippen molar-refractivity contribution in [3.8, 4) is 11.5 Å². The number of hydrogen-bond donors (Lipinski definition) is 1. The highest BCUT2D eigenvalue weighted by Crippen LogP contribution is 2.34. The quantitative estimate of drug-likeness (QED) is 0.481. The van der Waals surface area contributed by atoms with Crippen molar-refractivity contribution >= 4 is 11.4 Å². The minimum absolute atomic E-state index is 0.0697. The summed E-state index contributed by atoms with van der Waals surface area (Å²) >= 11 is 0. The smallest absolute Gasteiger partial charge is 0.333 e. The molecule has 6 heteroatoms. The molecule has 0 aliphatic heterocycles. The summed E-state index contributed by atoms with van der Waals surface area (Å²) in [5.41, 5.74) is 0.348. The lowest BCUT2D eigenvalue weighted by Crippen LogP contribution is -2.10. The highest BCUT2D eigenvalue weighted by Gasteiger charge is 2.19. The van der Waals surface area contributed by atoms with Crippen molar-refractivity contribution in [3.05, 3.63) is 58.6 Å². The van der Waals surface area contributed by atoms with Crippen molar-refractivity contribution in [1.82, 2.24) is 0 Å². The van der Waals surface area contributed by atoms with Gasteiger partial charge in [-0.2, -0.15) is 0 Å². The van der Waals surface area contributed by atoms with Gasteiger partial charge in [0.15, 0.2) is 5.75 Å². The zero-order chi connectivity index (χ0) is 15.1. The van der Waals surface area contributed by atoms with Crippen LogP contribution in [0.5, 0.6) is 11.5 Å². The Morgan fingerprint density at radius 1 is 1.05 bits per heavy atom. The topological polar surface area (TPSA) is 73.6 Å². The van der Waals surface area contributed by atoms with Crippen LogP contribution in [0.1, 0.15) is 0 Å². The first-order chi connectivity index (χ1) is 10.2. The molecule has 2 aromatic carbocycles. The van der Waals surface area contributed by atoms with Gasteiger partial charge >= 0.3 is 5.69 Å². The third-order valence-corrected chi connectivity index (χ3v) is 2.80. The van der Waals surface area contributed by atoms with E-state index in [0.29, 0.717) is 12.3 Å². The second-order valence-electron chi connectivity index (χ2n) is 4.17. The van der Waals surface area contributed by atoms with Gasteiger partial charge < -0.3 is 14.8 Å². The number of anilines is 1. The molecule has 2 aromatic rings. The Morgan fingerprint density at radius 2 is 1.76 bits per heavy atom. The fourth-order valence-electron chi connectivity index (χ4n) is 1.86. The van der Waals surface area contributed by atoms with Gasteiger partial charge in [0.2, 0.25) is 0 Å². The molecule has 0 atom stereocenters. The predicted molar refractivity (Wildman–Crippen MR) is 80.1 cm³/mol. The Kier molecular flexibility index (Phi) is 4.98. The number of nitro benzene ring substituents is 1. The number of nitrogens with one attached hydrogen (secondary N) is 1. The molecule has 0 amide bonds. The molecule has 0 aromatic heterocycles. The van der Waals surface area contributed by atoms with E-state index in [4.69, 9.17) is 9.47 Å². The van der Waals surface area contributed by atoms with Crippen LogP contribution in [0.2, 0.25) is 0 Å². The highest BCUT2D eigenvalue weighted by molar-refractivity contribution is 5.68. The predicted octanol–water partition coefficient (Wildman–Crippen LogP) is 3.09. The lowest BCUT2D eigenvalue weighted by Gasteiger charge is -2.10. The zero-order valence-electron chi connectivity index (χ0n) is 11.6. The molecular formula is C15H16N2O4. The molecule has 6 nitrogen and oxygen atoms in total. The monoisotopic (exact) mass is 288 g/mol. The van der Waals surface area contributed by atoms with Crippen molar-refractivity contribution in [2.75, 3.05) is 25.6 Å². The van der Waals surface area contributed by atoms with Gasteiger partial charge in [0.1, 0.15) is 24.7 Å². The van der Waals surface area contributed by atoms with Crippen LogP contribution in [-0.2, 0) is 0 Å². The molecule has 110 valence electrons. The maximum Gasteiger partial charge on any atom is 0.333 e. The third kappa shape index (κ3) is 3.85. The summed E-state index contributed by atoms with van der Waals surface area (Å²) in [5, 5.41) is 13.9. The minimum atomic E-state index is -0.459. The van der Waals surface area contributed by atoms with Crippen molar-refractivity contribution in [2.24, 2.45) is 0 Å². The van der Waals surface area contributed by atoms with Crippen molar-refractivity contribution < 1.29 is 14.4 Å². The Labute approximate surface area is 122 Å². The molecule has 2 rings (SSSR count). The summed E-state index contributed by atoms with van der Waals surface area (Å²) < 4.78 is 10.9. The van der Waals surface area contributed by atoms with E-state index in [1.165, 1.54) is 0 Å². The maximum atomic E-state index is 11.1. The summed E-state index contributed by atoms with van der Waals surface area (Å²) in [5.74, 6) is 0.961. The second kappa shape index (κ2) is 7.14. The van der Waals surface area contributed by atoms with Crippen LogP contribution in [0.25, 0.3) is 0 Å². The van der Waals surface area contributed by atoms with Gasteiger partial charge in [0.25, 0.3) is 0 Å². The van der Waals surface area contributed by atoms with E-state index in [-0.39, 0.29) is 18.0 Å². The lowest BCUT2D eigenvalue weighted by atomic mass is 10.2. The van der Waals surface area contributed by atoms with Crippen LogP contribution in [-0.4, -0.2) is 25.2 Å². The molecule has 0 fully saturated rings. The molecule has 0 saturated heterocycles. The molecule has 0 saturated carbocycles. The Bertz CT molecular complexity index is 602. The molecule has 0 bridgehead atoms. The van der Waals surface area contributed by atoms with Gasteiger partial charge in [-0.05, 0) is 24.3 Å². The van der Waals surface area contributed by atoms with E-state index >= 15 is 0 Å². The number of ether oxygens (including phenoxy) is 2. The largest absolute Gasteiger partial charge is 0.490 e. The first-order valence-corrected chi connectivity index (χ1v) is 6.48. The van der Waals surface area contributed by atoms with Gasteiger partial charge in [-0.25, -0.2) is 0 Å². The minimum Gasteiger partial charge on any atom is -0.490 e. The summed E-state index contributed by atoms with van der Waals surface area (Å²) in [6.07, 6.45) is 0. The van der Waals surface area contributed by atoms with E-state index in [2.05, 4.69) is 5.32 Å². The first kappa shape index (κ1) is 14.6. The van der Waals surface area contributed by atoms with Crippen LogP contribution in [0, 0.1) is 10.1 Å². The summed E-state index contributed by atoms with van der Waals surface area (Å²) in [6, 6.07) is 14.2. The lowest BCUT2D eigenvalue weighted by molar-refractivity contribution is -0.384. The van der Waals surface area contributed by atoms with E-state index in [1.807, 2.05) is 30.3 Å². The standard InChI is InChI=1S/C15H16N2O4/c1-16-13-8-5-9-14(15(13)17(18)19)21-11-10-20-12-6-3-2-4-7-12/h2-9,16H,10-11H2,1H3. The number of hydrogen-bond acceptors (Lipinski definition) is 5. The van der Waals surface area contributed by atoms with Crippen molar-refractivity contribution in [2.45, 2.75) is 0 Å². The van der Waals surface area contributed by atoms with Crippen LogP contribution in [0.15, 0.2) is 48.5 Å². The molecule has 0 radical (unpaired) electrons. The zero-order valence-corrected chi connectivity index (χ0v) is 11.6. The van der Waals surface area contributed by atoms with Gasteiger partial charge in [0, 0.05) is 7.05 Å². The normalized spacial score (nSPS) is 9.95. The average Bonchev–Trinajstić information content (AvgIpc) is 2.52. The second-order valence-corrected chi connectivity index (χ2v) is 4.17. The molecule has 0 spiro atoms. The van der Waals surface area contributed by atoms with Crippen molar-refractivity contribution in [3.63, 3.8) is 0 Å². The van der Waals surface area contributed by atoms with Gasteiger partial charge in [-0.15, -0.1) is 0 Å². The van der Waals surface area contributed by atoms with Gasteiger partial charge in [0.05, 0.1) is 4.92 Å². The number of nitro groups is 1. The van der Waals surface area contributed by atoms with Crippen molar-refractivity contribution in [1.29, 1.82) is 0 Å². The van der Waals surface area contributed by atoms with Crippen LogP contribution in [0.3, 0.4) is 0 Å². The Hall–Kier alpha value is -2.76. The van der Waals surface area contributed by atoms with E-state index in [9.17, 15) is 10.1 Å². The molecular weight excluding hydrogens is 272 g/mol. The average molecular weight is 288 g/mol. The van der Waals surface area contributed by atoms with E-state index < -0.39 is 4.92 Å². The maximum absolute atomic E-state index is 11.1. The number of rotatable bonds is 7. The molecule has 0 aliphatic rings.